The molecule has 0 aromatic carbocycles. The predicted octanol–water partition coefficient (Wildman–Crippen LogP) is 8.41. The lowest BCUT2D eigenvalue weighted by molar-refractivity contribution is -0.148. The molecule has 0 aromatic heterocycles. The summed E-state index contributed by atoms with van der Waals surface area (Å²) in [6, 6.07) is 0. The van der Waals surface area contributed by atoms with Crippen LogP contribution in [0.3, 0.4) is 0 Å². The molecule has 0 saturated carbocycles. The van der Waals surface area contributed by atoms with E-state index in [1.807, 2.05) is 0 Å². The third-order valence-corrected chi connectivity index (χ3v) is 6.44. The number of esters is 2. The quantitative estimate of drug-likeness (QED) is 0.122. The van der Waals surface area contributed by atoms with Crippen LogP contribution in [0.1, 0.15) is 143 Å². The standard InChI is InChI=1S/C28H54O4/c1-6-8-9-10-11-13-16-19-25(20-17-14-12-15-18-21-26(29)31-5)23-27(30)32-24-28(3,4)22-7-2/h25H,6-24H2,1-5H3. The summed E-state index contributed by atoms with van der Waals surface area (Å²) in [7, 11) is 1.45. The van der Waals surface area contributed by atoms with Gasteiger partial charge in [0.1, 0.15) is 0 Å². The fourth-order valence-corrected chi connectivity index (χ4v) is 4.39. The number of unbranched alkanes of at least 4 members (excludes halogenated alkanes) is 10. The summed E-state index contributed by atoms with van der Waals surface area (Å²) in [4.78, 5) is 23.7. The van der Waals surface area contributed by atoms with Crippen LogP contribution >= 0.6 is 0 Å². The van der Waals surface area contributed by atoms with Gasteiger partial charge in [0.05, 0.1) is 13.7 Å². The molecule has 4 heteroatoms. The van der Waals surface area contributed by atoms with Crippen molar-refractivity contribution in [3.05, 3.63) is 0 Å². The van der Waals surface area contributed by atoms with E-state index in [0.29, 0.717) is 25.4 Å². The number of hydrogen-bond donors (Lipinski definition) is 0. The van der Waals surface area contributed by atoms with Crippen molar-refractivity contribution in [2.45, 2.75) is 143 Å². The van der Waals surface area contributed by atoms with E-state index in [1.165, 1.54) is 58.5 Å². The zero-order valence-corrected chi connectivity index (χ0v) is 22.1. The Balaban J connectivity index is 4.26. The van der Waals surface area contributed by atoms with Crippen LogP contribution in [0.5, 0.6) is 0 Å². The van der Waals surface area contributed by atoms with Gasteiger partial charge in [0.15, 0.2) is 0 Å². The molecule has 0 radical (unpaired) electrons. The van der Waals surface area contributed by atoms with Gasteiger partial charge in [-0.1, -0.05) is 105 Å². The Kier molecular flexibility index (Phi) is 19.9. The first-order valence-electron chi connectivity index (χ1n) is 13.6. The van der Waals surface area contributed by atoms with Crippen molar-refractivity contribution in [2.24, 2.45) is 11.3 Å². The maximum atomic E-state index is 12.5. The predicted molar refractivity (Wildman–Crippen MR) is 135 cm³/mol. The molecule has 0 rings (SSSR count). The van der Waals surface area contributed by atoms with Gasteiger partial charge in [-0.25, -0.2) is 0 Å². The van der Waals surface area contributed by atoms with E-state index in [-0.39, 0.29) is 17.4 Å². The normalized spacial score (nSPS) is 12.5. The molecule has 1 unspecified atom stereocenters. The summed E-state index contributed by atoms with van der Waals surface area (Å²) in [5.41, 5.74) is 0.0720. The van der Waals surface area contributed by atoms with E-state index < -0.39 is 0 Å². The fraction of sp³-hybridized carbons (Fsp3) is 0.929. The summed E-state index contributed by atoms with van der Waals surface area (Å²) in [5, 5.41) is 0. The zero-order valence-electron chi connectivity index (χ0n) is 22.1. The molecule has 0 bridgehead atoms. The average Bonchev–Trinajstić information content (AvgIpc) is 2.76. The highest BCUT2D eigenvalue weighted by Gasteiger charge is 2.21. The molecular weight excluding hydrogens is 400 g/mol. The van der Waals surface area contributed by atoms with Crippen LogP contribution in [0.15, 0.2) is 0 Å². The van der Waals surface area contributed by atoms with Crippen LogP contribution in [0, 0.1) is 11.3 Å². The second-order valence-electron chi connectivity index (χ2n) is 10.4. The molecule has 0 spiro atoms. The molecule has 0 fully saturated rings. The maximum absolute atomic E-state index is 12.5. The lowest BCUT2D eigenvalue weighted by atomic mass is 9.89. The number of rotatable bonds is 22. The van der Waals surface area contributed by atoms with E-state index >= 15 is 0 Å². The second-order valence-corrected chi connectivity index (χ2v) is 10.4. The van der Waals surface area contributed by atoms with Crippen molar-refractivity contribution in [1.29, 1.82) is 0 Å². The van der Waals surface area contributed by atoms with Gasteiger partial charge in [0, 0.05) is 12.8 Å². The fourth-order valence-electron chi connectivity index (χ4n) is 4.39. The van der Waals surface area contributed by atoms with Crippen LogP contribution in [0.2, 0.25) is 0 Å². The SMILES string of the molecule is CCCCCCCCCC(CCCCCCCC(=O)OC)CC(=O)OCC(C)(C)CCC. The number of ether oxygens (including phenoxy) is 2. The number of carbonyl (C=O) groups excluding carboxylic acids is 2. The van der Waals surface area contributed by atoms with Crippen LogP contribution in [0.4, 0.5) is 0 Å². The molecule has 190 valence electrons. The van der Waals surface area contributed by atoms with Gasteiger partial charge < -0.3 is 9.47 Å². The molecule has 1 atom stereocenters. The van der Waals surface area contributed by atoms with Crippen molar-refractivity contribution in [1.82, 2.24) is 0 Å². The number of carbonyl (C=O) groups is 2. The Morgan fingerprint density at radius 2 is 1.25 bits per heavy atom. The highest BCUT2D eigenvalue weighted by atomic mass is 16.5. The first-order valence-corrected chi connectivity index (χ1v) is 13.6. The highest BCUT2D eigenvalue weighted by Crippen LogP contribution is 2.25. The first-order chi connectivity index (χ1) is 15.3. The molecule has 0 amide bonds. The Morgan fingerprint density at radius 3 is 1.78 bits per heavy atom. The topological polar surface area (TPSA) is 52.6 Å². The highest BCUT2D eigenvalue weighted by molar-refractivity contribution is 5.69. The second kappa shape index (κ2) is 20.5. The minimum Gasteiger partial charge on any atom is -0.469 e. The minimum atomic E-state index is -0.111. The van der Waals surface area contributed by atoms with Crippen molar-refractivity contribution in [3.63, 3.8) is 0 Å². The monoisotopic (exact) mass is 454 g/mol. The van der Waals surface area contributed by atoms with Gasteiger partial charge in [-0.05, 0) is 37.0 Å². The van der Waals surface area contributed by atoms with Crippen molar-refractivity contribution in [2.75, 3.05) is 13.7 Å². The summed E-state index contributed by atoms with van der Waals surface area (Å²) in [6.07, 6.45) is 20.2. The molecule has 0 heterocycles. The summed E-state index contributed by atoms with van der Waals surface area (Å²) in [5.74, 6) is 0.322. The first kappa shape index (κ1) is 30.9. The van der Waals surface area contributed by atoms with Crippen LogP contribution in [0.25, 0.3) is 0 Å². The van der Waals surface area contributed by atoms with Gasteiger partial charge >= 0.3 is 11.9 Å². The van der Waals surface area contributed by atoms with E-state index in [9.17, 15) is 9.59 Å². The van der Waals surface area contributed by atoms with Gasteiger partial charge in [-0.2, -0.15) is 0 Å². The van der Waals surface area contributed by atoms with Crippen LogP contribution < -0.4 is 0 Å². The summed E-state index contributed by atoms with van der Waals surface area (Å²) >= 11 is 0. The third-order valence-electron chi connectivity index (χ3n) is 6.44. The van der Waals surface area contributed by atoms with Gasteiger partial charge in [-0.3, -0.25) is 9.59 Å². The summed E-state index contributed by atoms with van der Waals surface area (Å²) < 4.78 is 10.4. The van der Waals surface area contributed by atoms with E-state index in [4.69, 9.17) is 9.47 Å². The van der Waals surface area contributed by atoms with E-state index in [1.54, 1.807) is 0 Å². The molecule has 4 nitrogen and oxygen atoms in total. The lowest BCUT2D eigenvalue weighted by Crippen LogP contribution is -2.23. The van der Waals surface area contributed by atoms with Crippen molar-refractivity contribution >= 4 is 11.9 Å². The van der Waals surface area contributed by atoms with Gasteiger partial charge in [0.25, 0.3) is 0 Å². The van der Waals surface area contributed by atoms with Crippen LogP contribution in [-0.4, -0.2) is 25.7 Å². The molecular formula is C28H54O4. The Morgan fingerprint density at radius 1 is 0.719 bits per heavy atom. The Hall–Kier alpha value is -1.06. The number of hydrogen-bond acceptors (Lipinski definition) is 4. The summed E-state index contributed by atoms with van der Waals surface area (Å²) in [6.45, 7) is 9.33. The van der Waals surface area contributed by atoms with Crippen molar-refractivity contribution in [3.8, 4) is 0 Å². The largest absolute Gasteiger partial charge is 0.469 e. The average molecular weight is 455 g/mol. The minimum absolute atomic E-state index is 0.0137. The Bertz CT molecular complexity index is 458. The van der Waals surface area contributed by atoms with Gasteiger partial charge in [0.2, 0.25) is 0 Å². The zero-order chi connectivity index (χ0) is 24.1. The third kappa shape index (κ3) is 19.6. The van der Waals surface area contributed by atoms with Crippen LogP contribution in [-0.2, 0) is 19.1 Å². The maximum Gasteiger partial charge on any atom is 0.306 e. The molecule has 0 aliphatic rings. The molecule has 32 heavy (non-hydrogen) atoms. The number of methoxy groups -OCH3 is 1. The molecule has 0 aliphatic heterocycles. The molecule has 0 aliphatic carbocycles. The Labute approximate surface area is 199 Å². The van der Waals surface area contributed by atoms with E-state index in [2.05, 4.69) is 27.7 Å². The lowest BCUT2D eigenvalue weighted by Gasteiger charge is -2.24. The smallest absolute Gasteiger partial charge is 0.306 e. The van der Waals surface area contributed by atoms with E-state index in [0.717, 1.165) is 51.4 Å². The molecule has 0 N–H and O–H groups in total. The molecule has 0 aromatic rings. The van der Waals surface area contributed by atoms with Gasteiger partial charge in [-0.15, -0.1) is 0 Å². The molecule has 0 saturated heterocycles. The van der Waals surface area contributed by atoms with Crippen molar-refractivity contribution < 1.29 is 19.1 Å².